The minimum atomic E-state index is 0.175. The van der Waals surface area contributed by atoms with Crippen molar-refractivity contribution in [3.05, 3.63) is 59.4 Å². The number of nitrogens with zero attached hydrogens (tertiary/aromatic N) is 5. The van der Waals surface area contributed by atoms with Crippen LogP contribution in [0.1, 0.15) is 34.3 Å². The van der Waals surface area contributed by atoms with E-state index >= 15 is 0 Å². The Hall–Kier alpha value is -2.90. The molecule has 4 heterocycles. The first-order chi connectivity index (χ1) is 16.2. The summed E-state index contributed by atoms with van der Waals surface area (Å²) in [5.41, 5.74) is 4.53. The number of anilines is 1. The molecule has 2 saturated heterocycles. The Balaban J connectivity index is 1.24. The predicted molar refractivity (Wildman–Crippen MR) is 128 cm³/mol. The van der Waals surface area contributed by atoms with Crippen molar-refractivity contribution in [1.82, 2.24) is 19.6 Å². The third-order valence-electron chi connectivity index (χ3n) is 7.46. The summed E-state index contributed by atoms with van der Waals surface area (Å²) in [7, 11) is 1.96. The number of fused-ring (bicyclic) bond motifs is 3. The molecule has 0 spiro atoms. The van der Waals surface area contributed by atoms with Crippen molar-refractivity contribution >= 4 is 22.4 Å². The van der Waals surface area contributed by atoms with Gasteiger partial charge in [0.15, 0.2) is 0 Å². The van der Waals surface area contributed by atoms with Crippen LogP contribution in [0.3, 0.4) is 0 Å². The second kappa shape index (κ2) is 8.47. The minimum absolute atomic E-state index is 0.175. The lowest BCUT2D eigenvalue weighted by Gasteiger charge is -2.35. The number of hydrogen-bond donors (Lipinski definition) is 0. The minimum Gasteiger partial charge on any atom is -0.379 e. The van der Waals surface area contributed by atoms with Gasteiger partial charge in [0.2, 0.25) is 0 Å². The Morgan fingerprint density at radius 2 is 1.94 bits per heavy atom. The number of ether oxygens (including phenoxy) is 1. The van der Waals surface area contributed by atoms with Crippen molar-refractivity contribution in [2.45, 2.75) is 32.0 Å². The van der Waals surface area contributed by atoms with Crippen LogP contribution in [-0.2, 0) is 24.9 Å². The molecular weight excluding hydrogens is 414 g/mol. The van der Waals surface area contributed by atoms with Gasteiger partial charge in [0.25, 0.3) is 5.91 Å². The molecule has 3 aromatic rings. The van der Waals surface area contributed by atoms with Crippen LogP contribution in [0.4, 0.5) is 5.69 Å². The van der Waals surface area contributed by atoms with Crippen LogP contribution in [-0.4, -0.2) is 70.9 Å². The molecule has 0 bridgehead atoms. The molecule has 6 rings (SSSR count). The average molecular weight is 446 g/mol. The Morgan fingerprint density at radius 3 is 2.67 bits per heavy atom. The van der Waals surface area contributed by atoms with Crippen LogP contribution >= 0.6 is 0 Å². The smallest absolute Gasteiger partial charge is 0.254 e. The average Bonchev–Trinajstić information content (AvgIpc) is 3.44. The zero-order chi connectivity index (χ0) is 22.4. The van der Waals surface area contributed by atoms with E-state index in [2.05, 4.69) is 51.4 Å². The van der Waals surface area contributed by atoms with Gasteiger partial charge in [0.1, 0.15) is 0 Å². The number of aryl methyl sites for hydroxylation is 1. The highest BCUT2D eigenvalue weighted by Crippen LogP contribution is 2.35. The van der Waals surface area contributed by atoms with Gasteiger partial charge < -0.3 is 14.5 Å². The van der Waals surface area contributed by atoms with E-state index in [9.17, 15) is 4.79 Å². The van der Waals surface area contributed by atoms with Crippen LogP contribution in [0.25, 0.3) is 10.8 Å². The highest BCUT2D eigenvalue weighted by atomic mass is 16.5. The second-order valence-electron chi connectivity index (χ2n) is 9.55. The predicted octanol–water partition coefficient (Wildman–Crippen LogP) is 3.03. The van der Waals surface area contributed by atoms with Gasteiger partial charge in [-0.05, 0) is 40.8 Å². The molecule has 1 unspecified atom stereocenters. The van der Waals surface area contributed by atoms with Crippen molar-refractivity contribution in [1.29, 1.82) is 0 Å². The van der Waals surface area contributed by atoms with Crippen LogP contribution in [0, 0.1) is 0 Å². The Labute approximate surface area is 194 Å². The van der Waals surface area contributed by atoms with E-state index < -0.39 is 0 Å². The molecule has 1 atom stereocenters. The van der Waals surface area contributed by atoms with Crippen molar-refractivity contribution < 1.29 is 9.53 Å². The first-order valence-corrected chi connectivity index (χ1v) is 12.1. The largest absolute Gasteiger partial charge is 0.379 e. The number of carbonyl (C=O) groups excluding carboxylic acids is 1. The van der Waals surface area contributed by atoms with Crippen LogP contribution in [0.5, 0.6) is 0 Å². The highest BCUT2D eigenvalue weighted by molar-refractivity contribution is 6.05. The molecule has 3 aliphatic heterocycles. The number of carbonyl (C=O) groups is 1. The summed E-state index contributed by atoms with van der Waals surface area (Å²) in [4.78, 5) is 20.4. The molecule has 2 aromatic carbocycles. The third-order valence-corrected chi connectivity index (χ3v) is 7.46. The fourth-order valence-electron chi connectivity index (χ4n) is 5.64. The molecule has 1 aromatic heterocycles. The SMILES string of the molecule is Cn1cc(N2CCN(Cc3cc4c(c5ccccc35)CN(C3CCCOC3)C4=O)CC2)cn1. The monoisotopic (exact) mass is 445 g/mol. The summed E-state index contributed by atoms with van der Waals surface area (Å²) in [6, 6.07) is 11.0. The van der Waals surface area contributed by atoms with Gasteiger partial charge in [0, 0.05) is 64.7 Å². The Kier molecular flexibility index (Phi) is 5.31. The Morgan fingerprint density at radius 1 is 1.12 bits per heavy atom. The maximum absolute atomic E-state index is 13.4. The molecule has 172 valence electrons. The van der Waals surface area contributed by atoms with E-state index in [1.54, 1.807) is 0 Å². The molecule has 0 radical (unpaired) electrons. The molecule has 2 fully saturated rings. The summed E-state index contributed by atoms with van der Waals surface area (Å²) in [6.07, 6.45) is 6.09. The van der Waals surface area contributed by atoms with Gasteiger partial charge in [-0.15, -0.1) is 0 Å². The topological polar surface area (TPSA) is 53.8 Å². The first kappa shape index (κ1) is 20.7. The van der Waals surface area contributed by atoms with Gasteiger partial charge in [-0.2, -0.15) is 5.10 Å². The van der Waals surface area contributed by atoms with Crippen LogP contribution < -0.4 is 4.90 Å². The number of aromatic nitrogens is 2. The van der Waals surface area contributed by atoms with E-state index in [4.69, 9.17) is 4.74 Å². The lowest BCUT2D eigenvalue weighted by atomic mass is 9.95. The first-order valence-electron chi connectivity index (χ1n) is 12.1. The molecule has 33 heavy (non-hydrogen) atoms. The number of rotatable bonds is 4. The van der Waals surface area contributed by atoms with Gasteiger partial charge in [0.05, 0.1) is 24.5 Å². The van der Waals surface area contributed by atoms with E-state index in [1.165, 1.54) is 27.6 Å². The molecular formula is C26H31N5O2. The number of benzene rings is 2. The van der Waals surface area contributed by atoms with Gasteiger partial charge in [-0.25, -0.2) is 0 Å². The maximum atomic E-state index is 13.4. The van der Waals surface area contributed by atoms with E-state index in [0.29, 0.717) is 13.2 Å². The molecule has 7 nitrogen and oxygen atoms in total. The fourth-order valence-corrected chi connectivity index (χ4v) is 5.64. The molecule has 3 aliphatic rings. The van der Waals surface area contributed by atoms with E-state index in [-0.39, 0.29) is 11.9 Å². The lowest BCUT2D eigenvalue weighted by molar-refractivity contribution is 0.0179. The molecule has 1 amide bonds. The zero-order valence-electron chi connectivity index (χ0n) is 19.2. The van der Waals surface area contributed by atoms with Crippen molar-refractivity contribution in [3.63, 3.8) is 0 Å². The van der Waals surface area contributed by atoms with E-state index in [0.717, 1.165) is 57.7 Å². The second-order valence-corrected chi connectivity index (χ2v) is 9.55. The third kappa shape index (κ3) is 3.79. The Bertz CT molecular complexity index is 1170. The molecule has 7 heteroatoms. The standard InChI is InChI=1S/C26H31N5O2/c1-28-16-21(14-27-28)30-10-8-29(9-11-30)15-19-13-24-25(23-7-3-2-6-22(19)23)17-31(26(24)32)20-5-4-12-33-18-20/h2-3,6-7,13-14,16,20H,4-5,8-12,15,17-18H2,1H3. The molecule has 0 aliphatic carbocycles. The van der Waals surface area contributed by atoms with Gasteiger partial charge in [-0.1, -0.05) is 24.3 Å². The summed E-state index contributed by atoms with van der Waals surface area (Å²) in [5, 5.41) is 6.82. The maximum Gasteiger partial charge on any atom is 0.254 e. The molecule has 0 saturated carbocycles. The van der Waals surface area contributed by atoms with Crippen LogP contribution in [0.15, 0.2) is 42.7 Å². The molecule has 0 N–H and O–H groups in total. The van der Waals surface area contributed by atoms with Crippen LogP contribution in [0.2, 0.25) is 0 Å². The van der Waals surface area contributed by atoms with Crippen molar-refractivity contribution in [2.24, 2.45) is 7.05 Å². The normalized spacial score (nSPS) is 21.7. The van der Waals surface area contributed by atoms with E-state index in [1.807, 2.05) is 22.8 Å². The summed E-state index contributed by atoms with van der Waals surface area (Å²) < 4.78 is 7.54. The lowest BCUT2D eigenvalue weighted by Crippen LogP contribution is -2.45. The van der Waals surface area contributed by atoms with Crippen molar-refractivity contribution in [2.75, 3.05) is 44.3 Å². The summed E-state index contributed by atoms with van der Waals surface area (Å²) in [6.45, 7) is 7.02. The summed E-state index contributed by atoms with van der Waals surface area (Å²) in [5.74, 6) is 0.175. The number of piperazine rings is 1. The quantitative estimate of drug-likeness (QED) is 0.618. The number of amides is 1. The van der Waals surface area contributed by atoms with Gasteiger partial charge in [-0.3, -0.25) is 14.4 Å². The summed E-state index contributed by atoms with van der Waals surface area (Å²) >= 11 is 0. The zero-order valence-corrected chi connectivity index (χ0v) is 19.2. The number of hydrogen-bond acceptors (Lipinski definition) is 5. The fraction of sp³-hybridized carbons (Fsp3) is 0.462. The van der Waals surface area contributed by atoms with Gasteiger partial charge >= 0.3 is 0 Å². The van der Waals surface area contributed by atoms with Crippen molar-refractivity contribution in [3.8, 4) is 0 Å². The highest BCUT2D eigenvalue weighted by Gasteiger charge is 2.35.